The van der Waals surface area contributed by atoms with Crippen LogP contribution in [-0.2, 0) is 5.60 Å². The molecule has 4 aromatic rings. The molecule has 0 atom stereocenters. The van der Waals surface area contributed by atoms with Crippen molar-refractivity contribution in [2.75, 3.05) is 0 Å². The SMILES string of the molecule is O=[N+]([O-])c1ccc(C(O)(c2ccccc2)c2ccccc2)c2ccccc12. The third-order valence-electron chi connectivity index (χ3n) is 4.87. The predicted octanol–water partition coefficient (Wildman–Crippen LogP) is 5.03. The van der Waals surface area contributed by atoms with Crippen molar-refractivity contribution in [3.8, 4) is 0 Å². The lowest BCUT2D eigenvalue weighted by Gasteiger charge is -2.31. The van der Waals surface area contributed by atoms with Gasteiger partial charge >= 0.3 is 0 Å². The van der Waals surface area contributed by atoms with Gasteiger partial charge in [0.2, 0.25) is 0 Å². The van der Waals surface area contributed by atoms with Crippen molar-refractivity contribution in [3.05, 3.63) is 124 Å². The van der Waals surface area contributed by atoms with Crippen molar-refractivity contribution in [2.24, 2.45) is 0 Å². The summed E-state index contributed by atoms with van der Waals surface area (Å²) in [6, 6.07) is 29.0. The zero-order chi connectivity index (χ0) is 18.9. The van der Waals surface area contributed by atoms with Gasteiger partial charge in [-0.25, -0.2) is 0 Å². The summed E-state index contributed by atoms with van der Waals surface area (Å²) in [5.41, 5.74) is 0.612. The summed E-state index contributed by atoms with van der Waals surface area (Å²) >= 11 is 0. The summed E-state index contributed by atoms with van der Waals surface area (Å²) in [5.74, 6) is 0. The molecule has 4 rings (SSSR count). The number of hydrogen-bond donors (Lipinski definition) is 1. The molecule has 0 radical (unpaired) electrons. The molecule has 0 aliphatic carbocycles. The van der Waals surface area contributed by atoms with E-state index in [1.54, 1.807) is 18.2 Å². The molecule has 0 fully saturated rings. The van der Waals surface area contributed by atoms with Gasteiger partial charge in [-0.3, -0.25) is 10.1 Å². The van der Waals surface area contributed by atoms with Crippen molar-refractivity contribution in [1.82, 2.24) is 0 Å². The van der Waals surface area contributed by atoms with Crippen LogP contribution >= 0.6 is 0 Å². The first-order valence-corrected chi connectivity index (χ1v) is 8.62. The summed E-state index contributed by atoms with van der Waals surface area (Å²) in [4.78, 5) is 11.1. The van der Waals surface area contributed by atoms with Gasteiger partial charge in [-0.15, -0.1) is 0 Å². The molecule has 0 saturated heterocycles. The number of benzene rings is 4. The zero-order valence-corrected chi connectivity index (χ0v) is 14.4. The van der Waals surface area contributed by atoms with Crippen LogP contribution in [0.25, 0.3) is 10.8 Å². The quantitative estimate of drug-likeness (QED) is 0.317. The molecule has 0 aliphatic rings. The Morgan fingerprint density at radius 1 is 0.667 bits per heavy atom. The molecular formula is C23H17NO3. The molecule has 0 unspecified atom stereocenters. The van der Waals surface area contributed by atoms with Crippen molar-refractivity contribution < 1.29 is 10.0 Å². The van der Waals surface area contributed by atoms with E-state index < -0.39 is 10.5 Å². The second kappa shape index (κ2) is 6.67. The zero-order valence-electron chi connectivity index (χ0n) is 14.4. The maximum Gasteiger partial charge on any atom is 0.277 e. The van der Waals surface area contributed by atoms with Gasteiger partial charge in [0.05, 0.1) is 10.3 Å². The Kier molecular flexibility index (Phi) is 4.18. The minimum Gasteiger partial charge on any atom is -0.376 e. The minimum absolute atomic E-state index is 0.0258. The highest BCUT2D eigenvalue weighted by molar-refractivity contribution is 5.94. The first kappa shape index (κ1) is 16.9. The molecule has 1 N–H and O–H groups in total. The van der Waals surface area contributed by atoms with Crippen molar-refractivity contribution in [2.45, 2.75) is 5.60 Å². The Bertz CT molecular complexity index is 1070. The molecule has 27 heavy (non-hydrogen) atoms. The highest BCUT2D eigenvalue weighted by Crippen LogP contribution is 2.41. The largest absolute Gasteiger partial charge is 0.376 e. The van der Waals surface area contributed by atoms with E-state index in [1.165, 1.54) is 6.07 Å². The fraction of sp³-hybridized carbons (Fsp3) is 0.0435. The lowest BCUT2D eigenvalue weighted by atomic mass is 9.78. The first-order chi connectivity index (χ1) is 13.1. The molecule has 4 aromatic carbocycles. The third-order valence-corrected chi connectivity index (χ3v) is 4.87. The standard InChI is InChI=1S/C23H17NO3/c25-23(17-9-3-1-4-10-17,18-11-5-2-6-12-18)21-15-16-22(24(26)27)20-14-8-7-13-19(20)21/h1-16,25H. The second-order valence-corrected chi connectivity index (χ2v) is 6.38. The maximum atomic E-state index is 12.0. The molecule has 0 saturated carbocycles. The van der Waals surface area contributed by atoms with E-state index in [1.807, 2.05) is 72.8 Å². The van der Waals surface area contributed by atoms with E-state index in [4.69, 9.17) is 0 Å². The molecule has 0 heterocycles. The number of nitro groups is 1. The third kappa shape index (κ3) is 2.76. The molecule has 4 heteroatoms. The molecule has 0 bridgehead atoms. The van der Waals surface area contributed by atoms with Crippen LogP contribution in [0.1, 0.15) is 16.7 Å². The Morgan fingerprint density at radius 3 is 1.67 bits per heavy atom. The van der Waals surface area contributed by atoms with Gasteiger partial charge in [0.25, 0.3) is 5.69 Å². The Balaban J connectivity index is 2.09. The normalized spacial score (nSPS) is 11.4. The number of aliphatic hydroxyl groups is 1. The van der Waals surface area contributed by atoms with Gasteiger partial charge < -0.3 is 5.11 Å². The average molecular weight is 355 g/mol. The molecule has 0 aromatic heterocycles. The Hall–Kier alpha value is -3.50. The number of hydrogen-bond acceptors (Lipinski definition) is 3. The number of non-ortho nitro benzene ring substituents is 1. The van der Waals surface area contributed by atoms with Crippen LogP contribution < -0.4 is 0 Å². The lowest BCUT2D eigenvalue weighted by Crippen LogP contribution is -2.29. The van der Waals surface area contributed by atoms with Gasteiger partial charge in [-0.2, -0.15) is 0 Å². The summed E-state index contributed by atoms with van der Waals surface area (Å²) in [6.45, 7) is 0. The van der Waals surface area contributed by atoms with Gasteiger partial charge in [0.1, 0.15) is 5.60 Å². The van der Waals surface area contributed by atoms with E-state index in [-0.39, 0.29) is 5.69 Å². The van der Waals surface area contributed by atoms with E-state index in [9.17, 15) is 15.2 Å². The molecule has 0 aliphatic heterocycles. The van der Waals surface area contributed by atoms with Gasteiger partial charge in [0, 0.05) is 11.6 Å². The monoisotopic (exact) mass is 355 g/mol. The smallest absolute Gasteiger partial charge is 0.277 e. The topological polar surface area (TPSA) is 63.4 Å². The van der Waals surface area contributed by atoms with Gasteiger partial charge in [0.15, 0.2) is 0 Å². The first-order valence-electron chi connectivity index (χ1n) is 8.62. The van der Waals surface area contributed by atoms with Crippen LogP contribution in [0.4, 0.5) is 5.69 Å². The van der Waals surface area contributed by atoms with E-state index >= 15 is 0 Å². The number of nitrogens with zero attached hydrogens (tertiary/aromatic N) is 1. The Morgan fingerprint density at radius 2 is 1.15 bits per heavy atom. The van der Waals surface area contributed by atoms with E-state index in [0.717, 1.165) is 0 Å². The molecule has 0 spiro atoms. The maximum absolute atomic E-state index is 12.0. The van der Waals surface area contributed by atoms with Crippen molar-refractivity contribution >= 4 is 16.5 Å². The number of nitro benzene ring substituents is 1. The van der Waals surface area contributed by atoms with Gasteiger partial charge in [-0.1, -0.05) is 78.9 Å². The summed E-state index contributed by atoms with van der Waals surface area (Å²) in [5, 5.41) is 24.6. The molecule has 0 amide bonds. The van der Waals surface area contributed by atoms with Crippen LogP contribution in [0.5, 0.6) is 0 Å². The van der Waals surface area contributed by atoms with Crippen molar-refractivity contribution in [3.63, 3.8) is 0 Å². The average Bonchev–Trinajstić information content (AvgIpc) is 2.73. The highest BCUT2D eigenvalue weighted by Gasteiger charge is 2.36. The molecular weight excluding hydrogens is 338 g/mol. The fourth-order valence-electron chi connectivity index (χ4n) is 3.59. The van der Waals surface area contributed by atoms with Crippen LogP contribution in [-0.4, -0.2) is 10.0 Å². The summed E-state index contributed by atoms with van der Waals surface area (Å²) in [6.07, 6.45) is 0. The molecule has 4 nitrogen and oxygen atoms in total. The highest BCUT2D eigenvalue weighted by atomic mass is 16.6. The predicted molar refractivity (Wildman–Crippen MR) is 106 cm³/mol. The van der Waals surface area contributed by atoms with Crippen LogP contribution in [0.15, 0.2) is 97.1 Å². The van der Waals surface area contributed by atoms with Crippen molar-refractivity contribution in [1.29, 1.82) is 0 Å². The number of rotatable bonds is 4. The Labute approximate surface area is 156 Å². The summed E-state index contributed by atoms with van der Waals surface area (Å²) < 4.78 is 0. The lowest BCUT2D eigenvalue weighted by molar-refractivity contribution is -0.383. The minimum atomic E-state index is -1.43. The fourth-order valence-corrected chi connectivity index (χ4v) is 3.59. The van der Waals surface area contributed by atoms with Crippen LogP contribution in [0.2, 0.25) is 0 Å². The number of fused-ring (bicyclic) bond motifs is 1. The van der Waals surface area contributed by atoms with E-state index in [2.05, 4.69) is 0 Å². The molecule has 132 valence electrons. The second-order valence-electron chi connectivity index (χ2n) is 6.38. The van der Waals surface area contributed by atoms with Crippen LogP contribution in [0.3, 0.4) is 0 Å². The van der Waals surface area contributed by atoms with Gasteiger partial charge in [-0.05, 0) is 28.6 Å². The van der Waals surface area contributed by atoms with Crippen LogP contribution in [0, 0.1) is 10.1 Å². The summed E-state index contributed by atoms with van der Waals surface area (Å²) in [7, 11) is 0. The van der Waals surface area contributed by atoms with E-state index in [0.29, 0.717) is 27.5 Å².